The molecule has 0 aliphatic heterocycles. The van der Waals surface area contributed by atoms with Gasteiger partial charge in [0.2, 0.25) is 0 Å². The number of likely N-dealkylation sites (N-methyl/N-ethyl adjacent to an activating group) is 1. The summed E-state index contributed by atoms with van der Waals surface area (Å²) in [4.78, 5) is 13.4. The van der Waals surface area contributed by atoms with Crippen LogP contribution in [0.25, 0.3) is 0 Å². The highest BCUT2D eigenvalue weighted by molar-refractivity contribution is 6.34. The van der Waals surface area contributed by atoms with Gasteiger partial charge < -0.3 is 9.64 Å². The van der Waals surface area contributed by atoms with Gasteiger partial charge >= 0.3 is 0 Å². The number of anilines is 1. The van der Waals surface area contributed by atoms with Gasteiger partial charge in [0.1, 0.15) is 0 Å². The van der Waals surface area contributed by atoms with E-state index in [1.165, 1.54) is 6.92 Å². The molecule has 1 aromatic carbocycles. The smallest absolute Gasteiger partial charge is 0.161 e. The van der Waals surface area contributed by atoms with Gasteiger partial charge in [-0.25, -0.2) is 0 Å². The predicted octanol–water partition coefficient (Wildman–Crippen LogP) is 3.02. The van der Waals surface area contributed by atoms with Crippen molar-refractivity contribution in [2.45, 2.75) is 13.8 Å². The zero-order valence-corrected chi connectivity index (χ0v) is 11.3. The molecule has 0 bridgehead atoms. The number of methoxy groups -OCH3 is 1. The molecule has 0 aliphatic carbocycles. The van der Waals surface area contributed by atoms with Crippen LogP contribution in [-0.2, 0) is 4.74 Å². The van der Waals surface area contributed by atoms with Gasteiger partial charge in [-0.05, 0) is 32.0 Å². The van der Waals surface area contributed by atoms with Crippen LogP contribution in [0.3, 0.4) is 0 Å². The maximum atomic E-state index is 11.3. The summed E-state index contributed by atoms with van der Waals surface area (Å²) in [5.74, 6) is -0.0125. The van der Waals surface area contributed by atoms with Crippen LogP contribution in [0.5, 0.6) is 0 Å². The second-order valence-electron chi connectivity index (χ2n) is 3.79. The first kappa shape index (κ1) is 14.0. The van der Waals surface area contributed by atoms with E-state index in [0.29, 0.717) is 17.2 Å². The number of carbonyl (C=O) groups is 1. The minimum atomic E-state index is -0.0125. The quantitative estimate of drug-likeness (QED) is 0.732. The van der Waals surface area contributed by atoms with Gasteiger partial charge in [0, 0.05) is 31.5 Å². The number of hydrogen-bond acceptors (Lipinski definition) is 3. The Bertz CT molecular complexity index is 393. The van der Waals surface area contributed by atoms with E-state index in [9.17, 15) is 4.79 Å². The molecule has 0 saturated carbocycles. The molecule has 0 spiro atoms. The standard InChI is InChI=1S/C13H18ClNO2/c1-4-15(7-8-17-3)11-5-6-12(10(2)16)13(14)9-11/h5-6,9H,4,7-8H2,1-3H3. The molecule has 94 valence electrons. The molecule has 0 N–H and O–H groups in total. The first-order valence-corrected chi connectivity index (χ1v) is 6.02. The van der Waals surface area contributed by atoms with Crippen molar-refractivity contribution in [3.8, 4) is 0 Å². The van der Waals surface area contributed by atoms with Crippen LogP contribution in [0, 0.1) is 0 Å². The van der Waals surface area contributed by atoms with Gasteiger partial charge in [-0.1, -0.05) is 11.6 Å². The molecule has 1 rings (SSSR count). The lowest BCUT2D eigenvalue weighted by molar-refractivity contribution is 0.101. The molecular formula is C13H18ClNO2. The van der Waals surface area contributed by atoms with Crippen molar-refractivity contribution in [3.05, 3.63) is 28.8 Å². The number of rotatable bonds is 6. The molecule has 17 heavy (non-hydrogen) atoms. The van der Waals surface area contributed by atoms with Crippen LogP contribution in [-0.4, -0.2) is 32.6 Å². The van der Waals surface area contributed by atoms with Crippen LogP contribution in [0.4, 0.5) is 5.69 Å². The van der Waals surface area contributed by atoms with Crippen molar-refractivity contribution >= 4 is 23.1 Å². The zero-order chi connectivity index (χ0) is 12.8. The second-order valence-corrected chi connectivity index (χ2v) is 4.20. The van der Waals surface area contributed by atoms with Crippen LogP contribution >= 0.6 is 11.6 Å². The number of carbonyl (C=O) groups excluding carboxylic acids is 1. The van der Waals surface area contributed by atoms with Crippen molar-refractivity contribution in [1.29, 1.82) is 0 Å². The van der Waals surface area contributed by atoms with Gasteiger partial charge in [-0.2, -0.15) is 0 Å². The molecule has 1 aromatic rings. The number of halogens is 1. The van der Waals surface area contributed by atoms with E-state index in [1.54, 1.807) is 13.2 Å². The van der Waals surface area contributed by atoms with Gasteiger partial charge in [-0.15, -0.1) is 0 Å². The van der Waals surface area contributed by atoms with Crippen molar-refractivity contribution in [2.24, 2.45) is 0 Å². The fraction of sp³-hybridized carbons (Fsp3) is 0.462. The maximum absolute atomic E-state index is 11.3. The fourth-order valence-electron chi connectivity index (χ4n) is 1.66. The SMILES string of the molecule is CCN(CCOC)c1ccc(C(C)=O)c(Cl)c1. The summed E-state index contributed by atoms with van der Waals surface area (Å²) >= 11 is 6.08. The van der Waals surface area contributed by atoms with E-state index < -0.39 is 0 Å². The monoisotopic (exact) mass is 255 g/mol. The summed E-state index contributed by atoms with van der Waals surface area (Å²) in [5.41, 5.74) is 1.58. The molecule has 0 aliphatic rings. The van der Waals surface area contributed by atoms with Gasteiger partial charge in [0.05, 0.1) is 11.6 Å². The minimum Gasteiger partial charge on any atom is -0.383 e. The second kappa shape index (κ2) is 6.62. The first-order valence-electron chi connectivity index (χ1n) is 5.64. The summed E-state index contributed by atoms with van der Waals surface area (Å²) in [6.45, 7) is 5.94. The Kier molecular flexibility index (Phi) is 5.45. The molecule has 0 saturated heterocycles. The van der Waals surface area contributed by atoms with Crippen LogP contribution in [0.2, 0.25) is 5.02 Å². The molecule has 0 aromatic heterocycles. The average Bonchev–Trinajstić information content (AvgIpc) is 2.29. The summed E-state index contributed by atoms with van der Waals surface area (Å²) in [6.07, 6.45) is 0. The van der Waals surface area contributed by atoms with E-state index in [1.807, 2.05) is 12.1 Å². The lowest BCUT2D eigenvalue weighted by atomic mass is 10.1. The Hall–Kier alpha value is -1.06. The summed E-state index contributed by atoms with van der Waals surface area (Å²) in [7, 11) is 1.68. The average molecular weight is 256 g/mol. The summed E-state index contributed by atoms with van der Waals surface area (Å²) in [6, 6.07) is 5.52. The minimum absolute atomic E-state index is 0.0125. The number of nitrogens with zero attached hydrogens (tertiary/aromatic N) is 1. The van der Waals surface area contributed by atoms with Gasteiger partial charge in [0.15, 0.2) is 5.78 Å². The third-order valence-electron chi connectivity index (χ3n) is 2.64. The lowest BCUT2D eigenvalue weighted by Crippen LogP contribution is -2.26. The molecule has 0 unspecified atom stereocenters. The first-order chi connectivity index (χ1) is 8.10. The van der Waals surface area contributed by atoms with Crippen molar-refractivity contribution in [3.63, 3.8) is 0 Å². The Morgan fingerprint density at radius 3 is 2.65 bits per heavy atom. The molecule has 0 heterocycles. The summed E-state index contributed by atoms with van der Waals surface area (Å²) < 4.78 is 5.06. The normalized spacial score (nSPS) is 10.4. The number of benzene rings is 1. The Morgan fingerprint density at radius 2 is 2.18 bits per heavy atom. The van der Waals surface area contributed by atoms with Crippen LogP contribution in [0.1, 0.15) is 24.2 Å². The van der Waals surface area contributed by atoms with E-state index >= 15 is 0 Å². The Labute approximate surface area is 107 Å². The van der Waals surface area contributed by atoms with Crippen LogP contribution in [0.15, 0.2) is 18.2 Å². The topological polar surface area (TPSA) is 29.5 Å². The van der Waals surface area contributed by atoms with Crippen molar-refractivity contribution < 1.29 is 9.53 Å². The van der Waals surface area contributed by atoms with Crippen LogP contribution < -0.4 is 4.90 Å². The molecule has 0 radical (unpaired) electrons. The lowest BCUT2D eigenvalue weighted by Gasteiger charge is -2.23. The third-order valence-corrected chi connectivity index (χ3v) is 2.96. The Balaban J connectivity index is 2.90. The largest absolute Gasteiger partial charge is 0.383 e. The number of ketones is 1. The number of hydrogen-bond donors (Lipinski definition) is 0. The highest BCUT2D eigenvalue weighted by atomic mass is 35.5. The highest BCUT2D eigenvalue weighted by Crippen LogP contribution is 2.24. The predicted molar refractivity (Wildman–Crippen MR) is 71.2 cm³/mol. The van der Waals surface area contributed by atoms with Crippen molar-refractivity contribution in [1.82, 2.24) is 0 Å². The molecule has 0 atom stereocenters. The van der Waals surface area contributed by atoms with E-state index in [2.05, 4.69) is 11.8 Å². The molecule has 0 fully saturated rings. The van der Waals surface area contributed by atoms with Gasteiger partial charge in [-0.3, -0.25) is 4.79 Å². The third kappa shape index (κ3) is 3.72. The maximum Gasteiger partial charge on any atom is 0.161 e. The number of ether oxygens (including phenoxy) is 1. The van der Waals surface area contributed by atoms with E-state index in [4.69, 9.17) is 16.3 Å². The van der Waals surface area contributed by atoms with E-state index in [-0.39, 0.29) is 5.78 Å². The fourth-order valence-corrected chi connectivity index (χ4v) is 1.97. The Morgan fingerprint density at radius 1 is 1.47 bits per heavy atom. The number of Topliss-reactive ketones (excluding diaryl/α,β-unsaturated/α-hetero) is 1. The van der Waals surface area contributed by atoms with E-state index in [0.717, 1.165) is 18.8 Å². The molecule has 3 nitrogen and oxygen atoms in total. The molecular weight excluding hydrogens is 238 g/mol. The molecule has 4 heteroatoms. The van der Waals surface area contributed by atoms with Crippen molar-refractivity contribution in [2.75, 3.05) is 31.7 Å². The highest BCUT2D eigenvalue weighted by Gasteiger charge is 2.09. The molecule has 0 amide bonds. The summed E-state index contributed by atoms with van der Waals surface area (Å²) in [5, 5.41) is 0.505. The zero-order valence-electron chi connectivity index (χ0n) is 10.5. The van der Waals surface area contributed by atoms with Gasteiger partial charge in [0.25, 0.3) is 0 Å².